The maximum Gasteiger partial charge on any atom is 0.410 e. The molecule has 8 nitrogen and oxygen atoms in total. The first-order chi connectivity index (χ1) is 12.7. The molecule has 9 heteroatoms. The largest absolute Gasteiger partial charge is 0.444 e. The second kappa shape index (κ2) is 11.4. The van der Waals surface area contributed by atoms with Gasteiger partial charge < -0.3 is 25.0 Å². The topological polar surface area (TPSA) is 78.4 Å². The normalized spacial score (nSPS) is 20.2. The number of likely N-dealkylation sites (tertiary alicyclic amines) is 1. The lowest BCUT2D eigenvalue weighted by atomic mass is 10.0. The first-order valence-corrected chi connectivity index (χ1v) is 9.96. The first kappa shape index (κ1) is 25.2. The fourth-order valence-electron chi connectivity index (χ4n) is 3.33. The average Bonchev–Trinajstić information content (AvgIpc) is 2.54. The molecule has 2 heterocycles. The molecule has 0 radical (unpaired) electrons. The Hall–Kier alpha value is -0.810. The molecule has 2 saturated heterocycles. The summed E-state index contributed by atoms with van der Waals surface area (Å²) in [4.78, 5) is 20.6. The maximum atomic E-state index is 12.0. The van der Waals surface area contributed by atoms with Gasteiger partial charge in [-0.25, -0.2) is 4.79 Å². The van der Waals surface area contributed by atoms with E-state index in [0.717, 1.165) is 38.8 Å². The summed E-state index contributed by atoms with van der Waals surface area (Å²) in [5, 5.41) is 6.85. The number of carbonyl (C=O) groups excluding carboxylic acids is 1. The molecule has 0 aromatic rings. The number of nitrogens with one attached hydrogen (secondary N) is 2. The van der Waals surface area contributed by atoms with Crippen molar-refractivity contribution in [2.75, 3.05) is 53.0 Å². The molecule has 0 aliphatic carbocycles. The van der Waals surface area contributed by atoms with Gasteiger partial charge in [0.2, 0.25) is 0 Å². The van der Waals surface area contributed by atoms with E-state index in [9.17, 15) is 4.79 Å². The summed E-state index contributed by atoms with van der Waals surface area (Å²) >= 11 is 0. The third-order valence-electron chi connectivity index (χ3n) is 4.86. The van der Waals surface area contributed by atoms with Crippen molar-refractivity contribution in [2.24, 2.45) is 10.9 Å². The monoisotopic (exact) mass is 511 g/mol. The Morgan fingerprint density at radius 3 is 2.36 bits per heavy atom. The van der Waals surface area contributed by atoms with Gasteiger partial charge >= 0.3 is 6.09 Å². The quantitative estimate of drug-likeness (QED) is 0.333. The molecular formula is C19H38IN5O3. The standard InChI is InChI=1S/C19H37N5O3.HI/c1-14(2)16(23-7-9-26-10-8-23)11-21-17(20-6)22-15-12-24(13-15)18(25)27-19(3,4)5;/h14-16H,7-13H2,1-6H3,(H2,20,21,22);1H. The summed E-state index contributed by atoms with van der Waals surface area (Å²) in [5.74, 6) is 1.32. The Balaban J connectivity index is 0.00000392. The first-order valence-electron chi connectivity index (χ1n) is 9.96. The van der Waals surface area contributed by atoms with Gasteiger partial charge in [0.25, 0.3) is 0 Å². The number of amides is 1. The minimum Gasteiger partial charge on any atom is -0.444 e. The molecule has 2 fully saturated rings. The van der Waals surface area contributed by atoms with Gasteiger partial charge in [-0.05, 0) is 26.7 Å². The Morgan fingerprint density at radius 2 is 1.86 bits per heavy atom. The van der Waals surface area contributed by atoms with Crippen LogP contribution >= 0.6 is 24.0 Å². The molecule has 164 valence electrons. The molecule has 2 rings (SSSR count). The van der Waals surface area contributed by atoms with Gasteiger partial charge in [0.1, 0.15) is 5.60 Å². The van der Waals surface area contributed by atoms with E-state index in [4.69, 9.17) is 9.47 Å². The molecule has 0 aromatic heterocycles. The van der Waals surface area contributed by atoms with Crippen LogP contribution in [0, 0.1) is 5.92 Å². The molecule has 0 aromatic carbocycles. The number of nitrogens with zero attached hydrogens (tertiary/aromatic N) is 3. The molecule has 2 aliphatic heterocycles. The summed E-state index contributed by atoms with van der Waals surface area (Å²) in [6.45, 7) is 15.8. The van der Waals surface area contributed by atoms with E-state index in [-0.39, 0.29) is 36.1 Å². The van der Waals surface area contributed by atoms with E-state index >= 15 is 0 Å². The van der Waals surface area contributed by atoms with Gasteiger partial charge in [-0.1, -0.05) is 13.8 Å². The van der Waals surface area contributed by atoms with Crippen LogP contribution in [0.4, 0.5) is 4.79 Å². The van der Waals surface area contributed by atoms with Crippen molar-refractivity contribution >= 4 is 36.0 Å². The number of hydrogen-bond donors (Lipinski definition) is 2. The zero-order valence-corrected chi connectivity index (χ0v) is 20.5. The Labute approximate surface area is 186 Å². The average molecular weight is 511 g/mol. The zero-order chi connectivity index (χ0) is 20.0. The van der Waals surface area contributed by atoms with Crippen LogP contribution in [0.2, 0.25) is 0 Å². The highest BCUT2D eigenvalue weighted by atomic mass is 127. The number of guanidine groups is 1. The summed E-state index contributed by atoms with van der Waals surface area (Å²) < 4.78 is 10.9. The highest BCUT2D eigenvalue weighted by Gasteiger charge is 2.34. The summed E-state index contributed by atoms with van der Waals surface area (Å²) in [6, 6.07) is 0.636. The predicted octanol–water partition coefficient (Wildman–Crippen LogP) is 1.75. The van der Waals surface area contributed by atoms with Gasteiger partial charge in [-0.15, -0.1) is 24.0 Å². The van der Waals surface area contributed by atoms with E-state index in [1.165, 1.54) is 0 Å². The number of hydrogen-bond acceptors (Lipinski definition) is 5. The predicted molar refractivity (Wildman–Crippen MR) is 123 cm³/mol. The van der Waals surface area contributed by atoms with E-state index in [1.807, 2.05) is 20.8 Å². The molecule has 0 saturated carbocycles. The fraction of sp³-hybridized carbons (Fsp3) is 0.895. The van der Waals surface area contributed by atoms with Crippen LogP contribution in [0.25, 0.3) is 0 Å². The second-order valence-electron chi connectivity index (χ2n) is 8.64. The van der Waals surface area contributed by atoms with E-state index in [2.05, 4.69) is 34.4 Å². The fourth-order valence-corrected chi connectivity index (χ4v) is 3.33. The molecule has 2 aliphatic rings. The third-order valence-corrected chi connectivity index (χ3v) is 4.86. The van der Waals surface area contributed by atoms with Gasteiger partial charge in [-0.2, -0.15) is 0 Å². The molecule has 1 atom stereocenters. The van der Waals surface area contributed by atoms with Crippen molar-refractivity contribution in [3.8, 4) is 0 Å². The SMILES string of the molecule is CN=C(NCC(C(C)C)N1CCOCC1)NC1CN(C(=O)OC(C)(C)C)C1.I. The van der Waals surface area contributed by atoms with Crippen LogP contribution in [0.15, 0.2) is 4.99 Å². The number of halogens is 1. The summed E-state index contributed by atoms with van der Waals surface area (Å²) in [5.41, 5.74) is -0.460. The Kier molecular flexibility index (Phi) is 10.3. The number of rotatable bonds is 5. The second-order valence-corrected chi connectivity index (χ2v) is 8.64. The summed E-state index contributed by atoms with van der Waals surface area (Å²) in [7, 11) is 1.78. The van der Waals surface area contributed by atoms with Gasteiger partial charge in [0.05, 0.1) is 19.3 Å². The van der Waals surface area contributed by atoms with Gasteiger partial charge in [0.15, 0.2) is 5.96 Å². The van der Waals surface area contributed by atoms with Crippen LogP contribution < -0.4 is 10.6 Å². The van der Waals surface area contributed by atoms with Crippen LogP contribution in [0.1, 0.15) is 34.6 Å². The van der Waals surface area contributed by atoms with Crippen molar-refractivity contribution in [1.82, 2.24) is 20.4 Å². The number of carbonyl (C=O) groups is 1. The van der Waals surface area contributed by atoms with Crippen molar-refractivity contribution in [1.29, 1.82) is 0 Å². The third kappa shape index (κ3) is 7.90. The molecule has 0 spiro atoms. The molecule has 0 bridgehead atoms. The zero-order valence-electron chi connectivity index (χ0n) is 18.2. The van der Waals surface area contributed by atoms with Crippen molar-refractivity contribution in [3.05, 3.63) is 0 Å². The lowest BCUT2D eigenvalue weighted by Crippen LogP contribution is -2.63. The number of ether oxygens (including phenoxy) is 2. The molecular weight excluding hydrogens is 473 g/mol. The van der Waals surface area contributed by atoms with Crippen LogP contribution in [-0.2, 0) is 9.47 Å². The van der Waals surface area contributed by atoms with Crippen LogP contribution in [0.5, 0.6) is 0 Å². The van der Waals surface area contributed by atoms with E-state index in [0.29, 0.717) is 25.0 Å². The number of morpholine rings is 1. The lowest BCUT2D eigenvalue weighted by molar-refractivity contribution is 0.00595. The lowest BCUT2D eigenvalue weighted by Gasteiger charge is -2.41. The van der Waals surface area contributed by atoms with E-state index in [1.54, 1.807) is 11.9 Å². The molecule has 2 N–H and O–H groups in total. The van der Waals surface area contributed by atoms with Gasteiger partial charge in [-0.3, -0.25) is 9.89 Å². The Morgan fingerprint density at radius 1 is 1.25 bits per heavy atom. The van der Waals surface area contributed by atoms with Crippen LogP contribution in [0.3, 0.4) is 0 Å². The van der Waals surface area contributed by atoms with Gasteiger partial charge in [0, 0.05) is 45.8 Å². The van der Waals surface area contributed by atoms with Crippen molar-refractivity contribution in [2.45, 2.75) is 52.3 Å². The number of aliphatic imine (C=N–C) groups is 1. The van der Waals surface area contributed by atoms with Crippen LogP contribution in [-0.4, -0.2) is 92.5 Å². The minimum atomic E-state index is -0.460. The molecule has 1 unspecified atom stereocenters. The van der Waals surface area contributed by atoms with Crippen molar-refractivity contribution in [3.63, 3.8) is 0 Å². The highest BCUT2D eigenvalue weighted by Crippen LogP contribution is 2.15. The van der Waals surface area contributed by atoms with Crippen molar-refractivity contribution < 1.29 is 14.3 Å². The minimum absolute atomic E-state index is 0. The maximum absolute atomic E-state index is 12.0. The molecule has 28 heavy (non-hydrogen) atoms. The molecule has 1 amide bonds. The van der Waals surface area contributed by atoms with E-state index < -0.39 is 5.60 Å². The summed E-state index contributed by atoms with van der Waals surface area (Å²) in [6.07, 6.45) is -0.254. The smallest absolute Gasteiger partial charge is 0.410 e. The highest BCUT2D eigenvalue weighted by molar-refractivity contribution is 14.0. The Bertz CT molecular complexity index is 512.